The summed E-state index contributed by atoms with van der Waals surface area (Å²) in [5.74, 6) is 1.54. The summed E-state index contributed by atoms with van der Waals surface area (Å²) in [6.07, 6.45) is 4.05. The lowest BCUT2D eigenvalue weighted by atomic mass is 9.86. The number of hydrogen-bond donors (Lipinski definition) is 0. The molecule has 0 aliphatic rings. The van der Waals surface area contributed by atoms with Crippen LogP contribution in [0.3, 0.4) is 0 Å². The Morgan fingerprint density at radius 3 is 2.06 bits per heavy atom. The molecule has 0 atom stereocenters. The van der Waals surface area contributed by atoms with Gasteiger partial charge in [-0.1, -0.05) is 74.9 Å². The number of ether oxygens (including phenoxy) is 1. The molecule has 0 amide bonds. The van der Waals surface area contributed by atoms with Gasteiger partial charge in [0.2, 0.25) is 0 Å². The van der Waals surface area contributed by atoms with E-state index in [2.05, 4.69) is 160 Å². The van der Waals surface area contributed by atoms with Gasteiger partial charge in [-0.25, -0.2) is 9.97 Å². The van der Waals surface area contributed by atoms with Crippen molar-refractivity contribution >= 4 is 49.3 Å². The van der Waals surface area contributed by atoms with Crippen LogP contribution in [0.4, 0.5) is 0 Å². The second-order valence-electron chi connectivity index (χ2n) is 14.6. The molecule has 0 bridgehead atoms. The Hall–Kier alpha value is -5.94. The molecule has 50 heavy (non-hydrogen) atoms. The monoisotopic (exact) mass is 650 g/mol. The lowest BCUT2D eigenvalue weighted by Gasteiger charge is -2.22. The number of fused-ring (bicyclic) bond motifs is 9. The van der Waals surface area contributed by atoms with Crippen LogP contribution in [0.1, 0.15) is 43.0 Å². The van der Waals surface area contributed by atoms with Gasteiger partial charge in [0.25, 0.3) is 0 Å². The SMILES string of the molecule is Cc1cc(C)c(-c2cn3c4ccccc4c4ccc(Oc5cc(-n6c7ccccc7c7cccnc76)cc(C(C)(C)C)c5)cc4c3n2)c(C)c1. The van der Waals surface area contributed by atoms with Gasteiger partial charge in [0, 0.05) is 45.6 Å². The second-order valence-corrected chi connectivity index (χ2v) is 14.6. The van der Waals surface area contributed by atoms with Crippen LogP contribution in [0.25, 0.3) is 66.2 Å². The average molecular weight is 651 g/mol. The summed E-state index contributed by atoms with van der Waals surface area (Å²) in [5, 5.41) is 5.69. The van der Waals surface area contributed by atoms with Gasteiger partial charge < -0.3 is 4.74 Å². The minimum absolute atomic E-state index is 0.104. The molecular weight excluding hydrogens is 613 g/mol. The first-order chi connectivity index (χ1) is 24.1. The maximum absolute atomic E-state index is 6.82. The number of rotatable bonds is 4. The molecule has 9 rings (SSSR count). The van der Waals surface area contributed by atoms with Crippen LogP contribution in [0.2, 0.25) is 0 Å². The van der Waals surface area contributed by atoms with Crippen LogP contribution in [-0.2, 0) is 5.41 Å². The largest absolute Gasteiger partial charge is 0.457 e. The Kier molecular flexibility index (Phi) is 6.66. The van der Waals surface area contributed by atoms with Gasteiger partial charge in [-0.2, -0.15) is 0 Å². The summed E-state index contributed by atoms with van der Waals surface area (Å²) in [6.45, 7) is 13.2. The maximum atomic E-state index is 6.82. The van der Waals surface area contributed by atoms with E-state index in [0.717, 1.165) is 61.4 Å². The third-order valence-electron chi connectivity index (χ3n) is 10.0. The average Bonchev–Trinajstić information content (AvgIpc) is 3.68. The van der Waals surface area contributed by atoms with Crippen LogP contribution in [0.15, 0.2) is 122 Å². The van der Waals surface area contributed by atoms with E-state index in [0.29, 0.717) is 0 Å². The van der Waals surface area contributed by atoms with Crippen LogP contribution < -0.4 is 4.74 Å². The minimum Gasteiger partial charge on any atom is -0.457 e. The van der Waals surface area contributed by atoms with Crippen molar-refractivity contribution in [1.82, 2.24) is 18.9 Å². The van der Waals surface area contributed by atoms with Gasteiger partial charge >= 0.3 is 0 Å². The Balaban J connectivity index is 1.23. The highest BCUT2D eigenvalue weighted by atomic mass is 16.5. The van der Waals surface area contributed by atoms with Crippen LogP contribution in [0.5, 0.6) is 11.5 Å². The first kappa shape index (κ1) is 30.1. The number of aromatic nitrogens is 4. The molecule has 4 aromatic heterocycles. The van der Waals surface area contributed by atoms with E-state index in [1.165, 1.54) is 38.6 Å². The third-order valence-corrected chi connectivity index (χ3v) is 10.0. The molecule has 0 aliphatic carbocycles. The summed E-state index contributed by atoms with van der Waals surface area (Å²) in [4.78, 5) is 10.2. The fraction of sp³-hybridized carbons (Fsp3) is 0.156. The first-order valence-electron chi connectivity index (χ1n) is 17.2. The van der Waals surface area contributed by atoms with Crippen LogP contribution in [-0.4, -0.2) is 18.9 Å². The fourth-order valence-corrected chi connectivity index (χ4v) is 7.77. The standard InChI is InChI=1S/C45H38N4O/c1-27-20-28(2)42(29(3)21-27)39-26-48-40-15-9-7-12-35(40)34-18-17-32(25-38(34)44(48)47-39)50-33-23-30(45(4,5)6)22-31(24-33)49-41-16-10-8-13-36(41)37-14-11-19-46-43(37)49/h7-26H,1-6H3. The van der Waals surface area contributed by atoms with Gasteiger partial charge in [-0.3, -0.25) is 8.97 Å². The first-order valence-corrected chi connectivity index (χ1v) is 17.2. The number of pyridine rings is 2. The predicted octanol–water partition coefficient (Wildman–Crippen LogP) is 11.8. The van der Waals surface area contributed by atoms with Gasteiger partial charge in [0.1, 0.15) is 22.8 Å². The molecule has 5 heteroatoms. The molecule has 4 heterocycles. The van der Waals surface area contributed by atoms with Crippen molar-refractivity contribution in [2.75, 3.05) is 0 Å². The smallest absolute Gasteiger partial charge is 0.146 e. The number of imidazole rings is 1. The van der Waals surface area contributed by atoms with Crippen molar-refractivity contribution in [3.8, 4) is 28.4 Å². The molecule has 0 N–H and O–H groups in total. The van der Waals surface area contributed by atoms with Gasteiger partial charge in [-0.15, -0.1) is 0 Å². The Morgan fingerprint density at radius 2 is 1.30 bits per heavy atom. The summed E-state index contributed by atoms with van der Waals surface area (Å²) in [6, 6.07) is 38.7. The van der Waals surface area contributed by atoms with Gasteiger partial charge in [0.05, 0.1) is 22.4 Å². The molecule has 0 aliphatic heterocycles. The number of hydrogen-bond acceptors (Lipinski definition) is 3. The molecule has 0 saturated carbocycles. The lowest BCUT2D eigenvalue weighted by Crippen LogP contribution is -2.12. The summed E-state index contributed by atoms with van der Waals surface area (Å²) < 4.78 is 11.3. The van der Waals surface area contributed by atoms with Gasteiger partial charge in [0.15, 0.2) is 0 Å². The second kappa shape index (κ2) is 11.0. The third kappa shape index (κ3) is 4.76. The Labute approximate surface area is 291 Å². The molecule has 0 unspecified atom stereocenters. The van der Waals surface area contributed by atoms with Crippen molar-refractivity contribution < 1.29 is 4.74 Å². The van der Waals surface area contributed by atoms with Crippen LogP contribution >= 0.6 is 0 Å². The maximum Gasteiger partial charge on any atom is 0.146 e. The van der Waals surface area contributed by atoms with Crippen molar-refractivity contribution in [3.05, 3.63) is 144 Å². The van der Waals surface area contributed by atoms with Crippen molar-refractivity contribution in [3.63, 3.8) is 0 Å². The lowest BCUT2D eigenvalue weighted by molar-refractivity contribution is 0.479. The van der Waals surface area contributed by atoms with E-state index in [-0.39, 0.29) is 5.41 Å². The zero-order valence-electron chi connectivity index (χ0n) is 29.2. The predicted molar refractivity (Wildman–Crippen MR) is 207 cm³/mol. The van der Waals surface area contributed by atoms with Crippen molar-refractivity contribution in [2.24, 2.45) is 0 Å². The van der Waals surface area contributed by atoms with Crippen LogP contribution in [0, 0.1) is 20.8 Å². The molecule has 0 saturated heterocycles. The molecule has 5 nitrogen and oxygen atoms in total. The van der Waals surface area contributed by atoms with E-state index in [1.54, 1.807) is 0 Å². The highest BCUT2D eigenvalue weighted by Gasteiger charge is 2.21. The molecular formula is C45H38N4O. The molecule has 5 aromatic carbocycles. The van der Waals surface area contributed by atoms with Gasteiger partial charge in [-0.05, 0) is 103 Å². The topological polar surface area (TPSA) is 44.4 Å². The Morgan fingerprint density at radius 1 is 0.600 bits per heavy atom. The summed E-state index contributed by atoms with van der Waals surface area (Å²) in [5.41, 5.74) is 12.1. The highest BCUT2D eigenvalue weighted by Crippen LogP contribution is 2.39. The number of para-hydroxylation sites is 2. The molecule has 9 aromatic rings. The van der Waals surface area contributed by atoms with Crippen molar-refractivity contribution in [2.45, 2.75) is 47.0 Å². The quantitative estimate of drug-likeness (QED) is 0.178. The summed E-state index contributed by atoms with van der Waals surface area (Å²) in [7, 11) is 0. The highest BCUT2D eigenvalue weighted by molar-refractivity contribution is 6.12. The normalized spacial score (nSPS) is 12.2. The summed E-state index contributed by atoms with van der Waals surface area (Å²) >= 11 is 0. The van der Waals surface area contributed by atoms with E-state index in [1.807, 2.05) is 12.3 Å². The zero-order chi connectivity index (χ0) is 34.3. The van der Waals surface area contributed by atoms with E-state index < -0.39 is 0 Å². The van der Waals surface area contributed by atoms with E-state index >= 15 is 0 Å². The molecule has 244 valence electrons. The van der Waals surface area contributed by atoms with Crippen molar-refractivity contribution in [1.29, 1.82) is 0 Å². The number of nitrogens with zero attached hydrogens (tertiary/aromatic N) is 4. The van der Waals surface area contributed by atoms with E-state index in [9.17, 15) is 0 Å². The zero-order valence-corrected chi connectivity index (χ0v) is 29.2. The Bertz CT molecular complexity index is 2740. The minimum atomic E-state index is -0.104. The molecule has 0 fully saturated rings. The molecule has 0 spiro atoms. The number of aryl methyl sites for hydroxylation is 3. The fourth-order valence-electron chi connectivity index (χ4n) is 7.77. The molecule has 0 radical (unpaired) electrons. The number of benzene rings is 5. The van der Waals surface area contributed by atoms with E-state index in [4.69, 9.17) is 14.7 Å².